The van der Waals surface area contributed by atoms with E-state index in [-0.39, 0.29) is 12.2 Å². The smallest absolute Gasteiger partial charge is 0.407 e. The predicted molar refractivity (Wildman–Crippen MR) is 123 cm³/mol. The summed E-state index contributed by atoms with van der Waals surface area (Å²) in [5.74, 6) is 0. The van der Waals surface area contributed by atoms with E-state index in [1.165, 1.54) is 36.0 Å². The van der Waals surface area contributed by atoms with Crippen molar-refractivity contribution < 1.29 is 9.53 Å². The van der Waals surface area contributed by atoms with E-state index in [0.717, 1.165) is 44.9 Å². The molecule has 3 heteroatoms. The molecule has 0 aliphatic heterocycles. The average Bonchev–Trinajstić information content (AvgIpc) is 2.61. The van der Waals surface area contributed by atoms with Crippen LogP contribution in [0.1, 0.15) is 106 Å². The van der Waals surface area contributed by atoms with E-state index in [1.807, 2.05) is 6.92 Å². The number of hydrogen-bond donors (Lipinski definition) is 1. The van der Waals surface area contributed by atoms with Gasteiger partial charge in [0, 0.05) is 6.54 Å². The lowest BCUT2D eigenvalue weighted by molar-refractivity contribution is 0.103. The Balaban J connectivity index is 3.88. The Hall–Kier alpha value is -1.51. The lowest BCUT2D eigenvalue weighted by atomic mass is 10.1. The van der Waals surface area contributed by atoms with Gasteiger partial charge in [0.1, 0.15) is 6.10 Å². The molecule has 0 fully saturated rings. The van der Waals surface area contributed by atoms with Crippen molar-refractivity contribution in [3.63, 3.8) is 0 Å². The summed E-state index contributed by atoms with van der Waals surface area (Å²) in [5, 5.41) is 2.84. The van der Waals surface area contributed by atoms with Gasteiger partial charge in [0.15, 0.2) is 0 Å². The fourth-order valence-corrected chi connectivity index (χ4v) is 2.93. The summed E-state index contributed by atoms with van der Waals surface area (Å²) in [7, 11) is 0. The number of rotatable bonds is 15. The molecular weight excluding hydrogens is 346 g/mol. The van der Waals surface area contributed by atoms with Crippen LogP contribution in [-0.2, 0) is 4.74 Å². The van der Waals surface area contributed by atoms with Gasteiger partial charge in [-0.05, 0) is 79.6 Å². The zero-order valence-corrected chi connectivity index (χ0v) is 19.4. The van der Waals surface area contributed by atoms with E-state index in [9.17, 15) is 4.79 Å². The van der Waals surface area contributed by atoms with E-state index in [0.29, 0.717) is 6.54 Å². The summed E-state index contributed by atoms with van der Waals surface area (Å²) >= 11 is 0. The second-order valence-electron chi connectivity index (χ2n) is 8.24. The molecule has 0 spiro atoms. The molecule has 0 aliphatic carbocycles. The van der Waals surface area contributed by atoms with E-state index >= 15 is 0 Å². The number of allylic oxidation sites excluding steroid dienone is 6. The Morgan fingerprint density at radius 1 is 0.893 bits per heavy atom. The highest BCUT2D eigenvalue weighted by atomic mass is 16.6. The Morgan fingerprint density at radius 3 is 2.11 bits per heavy atom. The summed E-state index contributed by atoms with van der Waals surface area (Å²) in [6.07, 6.45) is 17.6. The lowest BCUT2D eigenvalue weighted by Crippen LogP contribution is -2.28. The van der Waals surface area contributed by atoms with Crippen LogP contribution in [0.25, 0.3) is 0 Å². The summed E-state index contributed by atoms with van der Waals surface area (Å²) in [5.41, 5.74) is 4.29. The molecule has 0 aromatic carbocycles. The third-order valence-electron chi connectivity index (χ3n) is 4.80. The molecule has 0 saturated heterocycles. The van der Waals surface area contributed by atoms with Crippen LogP contribution >= 0.6 is 0 Å². The number of ether oxygens (including phenoxy) is 1. The van der Waals surface area contributed by atoms with E-state index in [2.05, 4.69) is 58.2 Å². The number of carbonyl (C=O) groups excluding carboxylic acids is 1. The molecule has 0 aliphatic rings. The highest BCUT2D eigenvalue weighted by Crippen LogP contribution is 2.13. The van der Waals surface area contributed by atoms with Gasteiger partial charge in [0.05, 0.1) is 0 Å². The number of unbranched alkanes of at least 4 members (excludes halogenated alkanes) is 3. The minimum absolute atomic E-state index is 0.0445. The third-order valence-corrected chi connectivity index (χ3v) is 4.80. The molecule has 0 saturated carbocycles. The van der Waals surface area contributed by atoms with Crippen LogP contribution in [0.3, 0.4) is 0 Å². The van der Waals surface area contributed by atoms with Gasteiger partial charge in [0.25, 0.3) is 0 Å². The molecule has 28 heavy (non-hydrogen) atoms. The van der Waals surface area contributed by atoms with Gasteiger partial charge < -0.3 is 10.1 Å². The molecule has 0 radical (unpaired) electrons. The predicted octanol–water partition coefficient (Wildman–Crippen LogP) is 7.88. The van der Waals surface area contributed by atoms with Crippen molar-refractivity contribution in [2.45, 2.75) is 112 Å². The fourth-order valence-electron chi connectivity index (χ4n) is 2.93. The van der Waals surface area contributed by atoms with Crippen LogP contribution in [0.15, 0.2) is 34.9 Å². The minimum atomic E-state index is -0.279. The van der Waals surface area contributed by atoms with Gasteiger partial charge in [-0.2, -0.15) is 0 Å². The monoisotopic (exact) mass is 391 g/mol. The molecule has 162 valence electrons. The molecular formula is C25H45NO2. The molecule has 1 atom stereocenters. The Kier molecular flexibility index (Phi) is 16.6. The minimum Gasteiger partial charge on any atom is -0.447 e. The van der Waals surface area contributed by atoms with Gasteiger partial charge in [0.2, 0.25) is 0 Å². The maximum absolute atomic E-state index is 11.7. The molecule has 1 unspecified atom stereocenters. The average molecular weight is 392 g/mol. The first-order valence-corrected chi connectivity index (χ1v) is 11.2. The van der Waals surface area contributed by atoms with Crippen LogP contribution in [-0.4, -0.2) is 18.7 Å². The van der Waals surface area contributed by atoms with Gasteiger partial charge >= 0.3 is 6.09 Å². The number of alkyl carbamates (subject to hydrolysis) is 1. The summed E-state index contributed by atoms with van der Waals surface area (Å²) < 4.78 is 5.41. The first-order valence-electron chi connectivity index (χ1n) is 11.2. The molecule has 0 bridgehead atoms. The van der Waals surface area contributed by atoms with Gasteiger partial charge in [-0.15, -0.1) is 0 Å². The molecule has 0 aromatic rings. The fraction of sp³-hybridized carbons (Fsp3) is 0.720. The van der Waals surface area contributed by atoms with Crippen molar-refractivity contribution >= 4 is 6.09 Å². The van der Waals surface area contributed by atoms with Crippen molar-refractivity contribution in [1.82, 2.24) is 5.32 Å². The Morgan fingerprint density at radius 2 is 1.50 bits per heavy atom. The number of carbonyl (C=O) groups is 1. The van der Waals surface area contributed by atoms with Gasteiger partial charge in [-0.1, -0.05) is 61.1 Å². The van der Waals surface area contributed by atoms with Gasteiger partial charge in [-0.25, -0.2) is 4.79 Å². The summed E-state index contributed by atoms with van der Waals surface area (Å²) in [6, 6.07) is 0. The number of hydrogen-bond acceptors (Lipinski definition) is 2. The van der Waals surface area contributed by atoms with Crippen LogP contribution < -0.4 is 5.32 Å². The van der Waals surface area contributed by atoms with E-state index < -0.39 is 0 Å². The molecule has 0 aromatic heterocycles. The molecule has 0 rings (SSSR count). The third kappa shape index (κ3) is 17.9. The largest absolute Gasteiger partial charge is 0.447 e. The number of nitrogens with one attached hydrogen (secondary N) is 1. The lowest BCUT2D eigenvalue weighted by Gasteiger charge is -2.13. The van der Waals surface area contributed by atoms with E-state index in [4.69, 9.17) is 4.74 Å². The number of amides is 1. The van der Waals surface area contributed by atoms with E-state index in [1.54, 1.807) is 0 Å². The van der Waals surface area contributed by atoms with Crippen LogP contribution in [0.4, 0.5) is 4.79 Å². The zero-order chi connectivity index (χ0) is 21.2. The van der Waals surface area contributed by atoms with Crippen LogP contribution in [0.5, 0.6) is 0 Å². The normalized spacial score (nSPS) is 13.2. The summed E-state index contributed by atoms with van der Waals surface area (Å²) in [6.45, 7) is 13.6. The van der Waals surface area contributed by atoms with Crippen molar-refractivity contribution in [3.05, 3.63) is 34.9 Å². The first-order chi connectivity index (χ1) is 13.3. The molecule has 3 nitrogen and oxygen atoms in total. The first kappa shape index (κ1) is 26.5. The topological polar surface area (TPSA) is 38.3 Å². The second-order valence-corrected chi connectivity index (χ2v) is 8.24. The Bertz CT molecular complexity index is 499. The molecule has 1 amide bonds. The second kappa shape index (κ2) is 17.6. The molecule has 1 N–H and O–H groups in total. The zero-order valence-electron chi connectivity index (χ0n) is 19.4. The maximum atomic E-state index is 11.7. The standard InChI is InChI=1S/C25H45NO2/c1-7-8-9-10-20-26-25(27)28-24(6)19-13-18-23(5)17-12-16-22(4)15-11-14-21(2)3/h14,16,18,24H,7-13,15,17,19-20H2,1-6H3,(H,26,27)/b22-16+,23-18+. The van der Waals surface area contributed by atoms with Crippen LogP contribution in [0, 0.1) is 0 Å². The maximum Gasteiger partial charge on any atom is 0.407 e. The van der Waals surface area contributed by atoms with Crippen molar-refractivity contribution in [3.8, 4) is 0 Å². The summed E-state index contributed by atoms with van der Waals surface area (Å²) in [4.78, 5) is 11.7. The van der Waals surface area contributed by atoms with Crippen molar-refractivity contribution in [1.29, 1.82) is 0 Å². The molecule has 0 heterocycles. The van der Waals surface area contributed by atoms with Gasteiger partial charge in [-0.3, -0.25) is 0 Å². The quantitative estimate of drug-likeness (QED) is 0.228. The highest BCUT2D eigenvalue weighted by Gasteiger charge is 2.07. The van der Waals surface area contributed by atoms with Crippen LogP contribution in [0.2, 0.25) is 0 Å². The van der Waals surface area contributed by atoms with Crippen molar-refractivity contribution in [2.24, 2.45) is 0 Å². The Labute approximate surface area is 174 Å². The SMILES string of the molecule is CCCCCCNC(=O)OC(C)CC/C=C(\C)CC/C=C(\C)CCC=C(C)C. The highest BCUT2D eigenvalue weighted by molar-refractivity contribution is 5.67. The van der Waals surface area contributed by atoms with Crippen molar-refractivity contribution in [2.75, 3.05) is 6.54 Å².